The molecule has 3 heteroatoms. The fourth-order valence-corrected chi connectivity index (χ4v) is 3.70. The van der Waals surface area contributed by atoms with Gasteiger partial charge in [-0.05, 0) is 17.2 Å². The lowest BCUT2D eigenvalue weighted by atomic mass is 9.99. The predicted molar refractivity (Wildman–Crippen MR) is 107 cm³/mol. The molecule has 124 valence electrons. The first kappa shape index (κ1) is 16.3. The molecule has 0 radical (unpaired) electrons. The summed E-state index contributed by atoms with van der Waals surface area (Å²) >= 11 is 12.7. The van der Waals surface area contributed by atoms with Crippen molar-refractivity contribution in [3.8, 4) is 22.6 Å². The first-order valence-electron chi connectivity index (χ1n) is 8.20. The van der Waals surface area contributed by atoms with E-state index < -0.39 is 0 Å². The van der Waals surface area contributed by atoms with Crippen LogP contribution < -0.4 is 0 Å². The summed E-state index contributed by atoms with van der Waals surface area (Å²) in [5, 5.41) is 2.96. The molecular weight excluding hydrogens is 351 g/mol. The summed E-state index contributed by atoms with van der Waals surface area (Å²) in [5.74, 6) is 2.00. The van der Waals surface area contributed by atoms with Gasteiger partial charge in [-0.2, -0.15) is 0 Å². The standard InChI is InChI=1S/C22H16Cl2O/c23-14-13-19-20(24)21(16-8-2-1-3-9-16)25-22(19)18-12-6-10-15-7-4-5-11-17(15)18/h1-12H,13-14H2. The monoisotopic (exact) mass is 366 g/mol. The number of alkyl halides is 1. The van der Waals surface area contributed by atoms with Crippen molar-refractivity contribution in [2.24, 2.45) is 0 Å². The second-order valence-corrected chi connectivity index (χ2v) is 6.64. The minimum atomic E-state index is 0.491. The topological polar surface area (TPSA) is 13.1 Å². The third-order valence-corrected chi connectivity index (χ3v) is 4.95. The van der Waals surface area contributed by atoms with Gasteiger partial charge in [0.15, 0.2) is 5.76 Å². The van der Waals surface area contributed by atoms with Crippen molar-refractivity contribution in [2.75, 3.05) is 5.88 Å². The SMILES string of the molecule is ClCCc1c(-c2cccc3ccccc23)oc(-c2ccccc2)c1Cl. The molecule has 0 atom stereocenters. The summed E-state index contributed by atoms with van der Waals surface area (Å²) in [5.41, 5.74) is 2.98. The summed E-state index contributed by atoms with van der Waals surface area (Å²) in [7, 11) is 0. The second kappa shape index (κ2) is 6.95. The molecule has 0 aliphatic carbocycles. The van der Waals surface area contributed by atoms with Gasteiger partial charge in [-0.3, -0.25) is 0 Å². The minimum absolute atomic E-state index is 0.491. The molecule has 25 heavy (non-hydrogen) atoms. The van der Waals surface area contributed by atoms with E-state index in [0.717, 1.165) is 27.8 Å². The van der Waals surface area contributed by atoms with Gasteiger partial charge in [0.2, 0.25) is 0 Å². The molecule has 4 rings (SSSR count). The first-order valence-corrected chi connectivity index (χ1v) is 9.11. The molecule has 0 saturated carbocycles. The van der Waals surface area contributed by atoms with Crippen molar-refractivity contribution < 1.29 is 4.42 Å². The number of hydrogen-bond donors (Lipinski definition) is 0. The van der Waals surface area contributed by atoms with E-state index in [0.29, 0.717) is 23.1 Å². The Bertz CT molecular complexity index is 1010. The van der Waals surface area contributed by atoms with E-state index in [9.17, 15) is 0 Å². The third kappa shape index (κ3) is 2.95. The van der Waals surface area contributed by atoms with Crippen LogP contribution in [-0.2, 0) is 6.42 Å². The van der Waals surface area contributed by atoms with Gasteiger partial charge in [0.1, 0.15) is 5.76 Å². The number of benzene rings is 3. The van der Waals surface area contributed by atoms with Crippen LogP contribution in [0, 0.1) is 0 Å². The minimum Gasteiger partial charge on any atom is -0.454 e. The van der Waals surface area contributed by atoms with E-state index in [1.54, 1.807) is 0 Å². The molecule has 1 nitrogen and oxygen atoms in total. The maximum atomic E-state index is 6.69. The molecule has 1 aromatic heterocycles. The van der Waals surface area contributed by atoms with Crippen molar-refractivity contribution in [2.45, 2.75) is 6.42 Å². The summed E-state index contributed by atoms with van der Waals surface area (Å²) in [6.45, 7) is 0. The van der Waals surface area contributed by atoms with Crippen LogP contribution in [0.15, 0.2) is 77.2 Å². The van der Waals surface area contributed by atoms with E-state index in [4.69, 9.17) is 27.6 Å². The lowest BCUT2D eigenvalue weighted by Gasteiger charge is -2.06. The molecule has 0 saturated heterocycles. The Morgan fingerprint density at radius 1 is 0.760 bits per heavy atom. The van der Waals surface area contributed by atoms with Crippen molar-refractivity contribution in [1.29, 1.82) is 0 Å². The highest BCUT2D eigenvalue weighted by Crippen LogP contribution is 2.42. The maximum Gasteiger partial charge on any atom is 0.153 e. The van der Waals surface area contributed by atoms with Gasteiger partial charge < -0.3 is 4.42 Å². The predicted octanol–water partition coefficient (Wildman–Crippen LogP) is 7.20. The van der Waals surface area contributed by atoms with Gasteiger partial charge >= 0.3 is 0 Å². The molecule has 0 aliphatic rings. The Morgan fingerprint density at radius 2 is 1.48 bits per heavy atom. The Kier molecular flexibility index (Phi) is 4.52. The van der Waals surface area contributed by atoms with Crippen LogP contribution in [0.4, 0.5) is 0 Å². The molecule has 0 aliphatic heterocycles. The van der Waals surface area contributed by atoms with Gasteiger partial charge in [0.05, 0.1) is 5.02 Å². The number of hydrogen-bond acceptors (Lipinski definition) is 1. The highest BCUT2D eigenvalue weighted by atomic mass is 35.5. The summed E-state index contributed by atoms with van der Waals surface area (Å²) in [6.07, 6.45) is 0.662. The number of furan rings is 1. The molecule has 0 spiro atoms. The molecule has 3 aromatic carbocycles. The molecular formula is C22H16Cl2O. The molecule has 0 amide bonds. The zero-order valence-electron chi connectivity index (χ0n) is 13.5. The lowest BCUT2D eigenvalue weighted by Crippen LogP contribution is -1.89. The van der Waals surface area contributed by atoms with E-state index in [-0.39, 0.29) is 0 Å². The highest BCUT2D eigenvalue weighted by Gasteiger charge is 2.21. The Hall–Kier alpha value is -2.22. The molecule has 0 fully saturated rings. The second-order valence-electron chi connectivity index (χ2n) is 5.88. The molecule has 4 aromatic rings. The van der Waals surface area contributed by atoms with Crippen LogP contribution in [0.1, 0.15) is 5.56 Å². The van der Waals surface area contributed by atoms with Gasteiger partial charge in [-0.1, -0.05) is 84.4 Å². The van der Waals surface area contributed by atoms with Crippen molar-refractivity contribution in [1.82, 2.24) is 0 Å². The van der Waals surface area contributed by atoms with Crippen LogP contribution in [0.5, 0.6) is 0 Å². The van der Waals surface area contributed by atoms with Crippen LogP contribution in [0.25, 0.3) is 33.4 Å². The summed E-state index contributed by atoms with van der Waals surface area (Å²) in [4.78, 5) is 0. The van der Waals surface area contributed by atoms with Gasteiger partial charge in [0.25, 0.3) is 0 Å². The molecule has 0 unspecified atom stereocenters. The number of fused-ring (bicyclic) bond motifs is 1. The van der Waals surface area contributed by atoms with Gasteiger partial charge in [-0.15, -0.1) is 11.6 Å². The van der Waals surface area contributed by atoms with E-state index in [2.05, 4.69) is 24.3 Å². The van der Waals surface area contributed by atoms with Crippen LogP contribution in [0.3, 0.4) is 0 Å². The zero-order chi connectivity index (χ0) is 17.2. The Labute approximate surface area is 156 Å². The van der Waals surface area contributed by atoms with Crippen LogP contribution in [0.2, 0.25) is 5.02 Å². The van der Waals surface area contributed by atoms with Crippen molar-refractivity contribution in [3.63, 3.8) is 0 Å². The number of halogens is 2. The largest absolute Gasteiger partial charge is 0.454 e. The van der Waals surface area contributed by atoms with E-state index in [1.165, 1.54) is 5.39 Å². The highest BCUT2D eigenvalue weighted by molar-refractivity contribution is 6.34. The van der Waals surface area contributed by atoms with Crippen molar-refractivity contribution >= 4 is 34.0 Å². The average molecular weight is 367 g/mol. The smallest absolute Gasteiger partial charge is 0.153 e. The van der Waals surface area contributed by atoms with E-state index >= 15 is 0 Å². The third-order valence-electron chi connectivity index (χ3n) is 4.36. The first-order chi connectivity index (χ1) is 12.3. The van der Waals surface area contributed by atoms with Gasteiger partial charge in [0, 0.05) is 22.6 Å². The molecule has 1 heterocycles. The normalized spacial score (nSPS) is 11.1. The summed E-state index contributed by atoms with van der Waals surface area (Å²) in [6, 6.07) is 24.4. The fraction of sp³-hybridized carbons (Fsp3) is 0.0909. The Morgan fingerprint density at radius 3 is 2.28 bits per heavy atom. The van der Waals surface area contributed by atoms with Crippen molar-refractivity contribution in [3.05, 3.63) is 83.4 Å². The quantitative estimate of drug-likeness (QED) is 0.348. The number of rotatable bonds is 4. The molecule has 0 N–H and O–H groups in total. The maximum absolute atomic E-state index is 6.69. The fourth-order valence-electron chi connectivity index (χ4n) is 3.18. The summed E-state index contributed by atoms with van der Waals surface area (Å²) < 4.78 is 6.29. The zero-order valence-corrected chi connectivity index (χ0v) is 15.0. The molecule has 0 bridgehead atoms. The van der Waals surface area contributed by atoms with E-state index in [1.807, 2.05) is 48.5 Å². The average Bonchev–Trinajstić information content (AvgIpc) is 2.99. The van der Waals surface area contributed by atoms with Crippen LogP contribution >= 0.6 is 23.2 Å². The lowest BCUT2D eigenvalue weighted by molar-refractivity contribution is 0.595. The van der Waals surface area contributed by atoms with Gasteiger partial charge in [-0.25, -0.2) is 0 Å². The Balaban J connectivity index is 1.98. The van der Waals surface area contributed by atoms with Crippen LogP contribution in [-0.4, -0.2) is 5.88 Å².